The number of hydrogen-bond donors (Lipinski definition) is 1. The summed E-state index contributed by atoms with van der Waals surface area (Å²) in [7, 11) is -2.80. The van der Waals surface area contributed by atoms with Crippen molar-refractivity contribution in [1.82, 2.24) is 9.55 Å². The Morgan fingerprint density at radius 2 is 2.40 bits per heavy atom. The van der Waals surface area contributed by atoms with E-state index in [1.54, 1.807) is 0 Å². The summed E-state index contributed by atoms with van der Waals surface area (Å²) in [5.41, 5.74) is 6.56. The molecule has 2 heterocycles. The second kappa shape index (κ2) is 3.52. The van der Waals surface area contributed by atoms with E-state index in [1.165, 1.54) is 0 Å². The molecule has 0 radical (unpaired) electrons. The fourth-order valence-electron chi connectivity index (χ4n) is 2.01. The van der Waals surface area contributed by atoms with Crippen molar-refractivity contribution in [3.63, 3.8) is 0 Å². The molecule has 1 fully saturated rings. The minimum absolute atomic E-state index is 0.186. The van der Waals surface area contributed by atoms with Crippen molar-refractivity contribution >= 4 is 15.8 Å². The van der Waals surface area contributed by atoms with Crippen molar-refractivity contribution in [2.75, 3.05) is 17.2 Å². The largest absolute Gasteiger partial charge is 0.369 e. The number of nitrogen functional groups attached to an aromatic ring is 1. The maximum atomic E-state index is 11.3. The molecule has 2 N–H and O–H groups in total. The molecular weight excluding hydrogens is 214 g/mol. The Hall–Kier alpha value is -1.04. The number of nitrogens with zero attached hydrogens (tertiary/aromatic N) is 2. The van der Waals surface area contributed by atoms with Crippen LogP contribution in [0.2, 0.25) is 0 Å². The van der Waals surface area contributed by atoms with Gasteiger partial charge in [0.25, 0.3) is 0 Å². The van der Waals surface area contributed by atoms with Gasteiger partial charge in [-0.15, -0.1) is 0 Å². The molecule has 84 valence electrons. The monoisotopic (exact) mass is 229 g/mol. The van der Waals surface area contributed by atoms with Crippen molar-refractivity contribution < 1.29 is 8.42 Å². The molecule has 2 rings (SSSR count). The minimum atomic E-state index is -2.80. The number of nitrogens with two attached hydrogens (primary N) is 1. The third-order valence-corrected chi connectivity index (χ3v) is 4.55. The lowest BCUT2D eigenvalue weighted by molar-refractivity contribution is 0.494. The van der Waals surface area contributed by atoms with Gasteiger partial charge >= 0.3 is 0 Å². The van der Waals surface area contributed by atoms with Crippen LogP contribution in [0.15, 0.2) is 6.20 Å². The van der Waals surface area contributed by atoms with Crippen LogP contribution in [0.4, 0.5) is 5.95 Å². The number of hydrogen-bond acceptors (Lipinski definition) is 4. The maximum Gasteiger partial charge on any atom is 0.200 e. The zero-order valence-corrected chi connectivity index (χ0v) is 9.50. The second-order valence-corrected chi connectivity index (χ2v) is 6.39. The Kier molecular flexibility index (Phi) is 2.46. The van der Waals surface area contributed by atoms with E-state index >= 15 is 0 Å². The number of aryl methyl sites for hydroxylation is 1. The van der Waals surface area contributed by atoms with Crippen LogP contribution >= 0.6 is 0 Å². The normalized spacial score (nSPS) is 24.5. The molecule has 1 atom stereocenters. The average molecular weight is 229 g/mol. The molecule has 0 saturated carbocycles. The van der Waals surface area contributed by atoms with Crippen LogP contribution < -0.4 is 5.73 Å². The average Bonchev–Trinajstić information content (AvgIpc) is 2.57. The van der Waals surface area contributed by atoms with Crippen LogP contribution in [0, 0.1) is 12.8 Å². The van der Waals surface area contributed by atoms with E-state index in [1.807, 2.05) is 17.7 Å². The summed E-state index contributed by atoms with van der Waals surface area (Å²) >= 11 is 0. The first-order chi connectivity index (χ1) is 6.96. The lowest BCUT2D eigenvalue weighted by Crippen LogP contribution is -2.13. The van der Waals surface area contributed by atoms with E-state index in [-0.39, 0.29) is 11.7 Å². The van der Waals surface area contributed by atoms with E-state index in [2.05, 4.69) is 4.98 Å². The van der Waals surface area contributed by atoms with Gasteiger partial charge in [-0.3, -0.25) is 0 Å². The van der Waals surface area contributed by atoms with Crippen LogP contribution in [-0.2, 0) is 16.4 Å². The molecule has 1 aliphatic rings. The van der Waals surface area contributed by atoms with Crippen LogP contribution in [0.1, 0.15) is 12.1 Å². The molecule has 5 nitrogen and oxygen atoms in total. The smallest absolute Gasteiger partial charge is 0.200 e. The topological polar surface area (TPSA) is 78.0 Å². The predicted octanol–water partition coefficient (Wildman–Crippen LogP) is 0.208. The summed E-state index contributed by atoms with van der Waals surface area (Å²) in [4.78, 5) is 4.08. The molecule has 1 aromatic rings. The fraction of sp³-hybridized carbons (Fsp3) is 0.667. The van der Waals surface area contributed by atoms with Crippen LogP contribution in [0.25, 0.3) is 0 Å². The first-order valence-corrected chi connectivity index (χ1v) is 6.78. The molecule has 0 spiro atoms. The summed E-state index contributed by atoms with van der Waals surface area (Å²) in [6.07, 6.45) is 2.60. The number of imidazole rings is 1. The zero-order chi connectivity index (χ0) is 11.1. The molecule has 1 saturated heterocycles. The SMILES string of the molecule is Cc1cn(CC2CCS(=O)(=O)C2)c(N)n1. The highest BCUT2D eigenvalue weighted by Crippen LogP contribution is 2.21. The quantitative estimate of drug-likeness (QED) is 0.786. The van der Waals surface area contributed by atoms with Crippen molar-refractivity contribution in [3.05, 3.63) is 11.9 Å². The number of rotatable bonds is 2. The fourth-order valence-corrected chi connectivity index (χ4v) is 3.86. The minimum Gasteiger partial charge on any atom is -0.369 e. The van der Waals surface area contributed by atoms with Gasteiger partial charge in [-0.2, -0.15) is 0 Å². The first kappa shape index (κ1) is 10.5. The third-order valence-electron chi connectivity index (χ3n) is 2.71. The Balaban J connectivity index is 2.08. The first-order valence-electron chi connectivity index (χ1n) is 4.96. The molecule has 0 amide bonds. The Labute approximate surface area is 89.2 Å². The van der Waals surface area contributed by atoms with Crippen LogP contribution in [0.3, 0.4) is 0 Å². The van der Waals surface area contributed by atoms with E-state index < -0.39 is 9.84 Å². The van der Waals surface area contributed by atoms with Crippen molar-refractivity contribution in [2.24, 2.45) is 5.92 Å². The third kappa shape index (κ3) is 2.31. The zero-order valence-electron chi connectivity index (χ0n) is 8.68. The van der Waals surface area contributed by atoms with E-state index in [0.717, 1.165) is 12.1 Å². The Bertz CT molecular complexity index is 464. The van der Waals surface area contributed by atoms with Gasteiger partial charge in [-0.25, -0.2) is 13.4 Å². The van der Waals surface area contributed by atoms with Crippen LogP contribution in [0.5, 0.6) is 0 Å². The highest BCUT2D eigenvalue weighted by Gasteiger charge is 2.28. The molecule has 6 heteroatoms. The number of sulfone groups is 1. The lowest BCUT2D eigenvalue weighted by atomic mass is 10.1. The van der Waals surface area contributed by atoms with Crippen LogP contribution in [-0.4, -0.2) is 29.5 Å². The highest BCUT2D eigenvalue weighted by molar-refractivity contribution is 7.91. The predicted molar refractivity (Wildman–Crippen MR) is 58.1 cm³/mol. The van der Waals surface area contributed by atoms with Crippen molar-refractivity contribution in [1.29, 1.82) is 0 Å². The molecular formula is C9H15N3O2S. The van der Waals surface area contributed by atoms with Gasteiger partial charge in [-0.05, 0) is 19.3 Å². The lowest BCUT2D eigenvalue weighted by Gasteiger charge is -2.09. The van der Waals surface area contributed by atoms with Gasteiger partial charge in [0.2, 0.25) is 0 Å². The standard InChI is InChI=1S/C9H15N3O2S/c1-7-4-12(9(10)11-7)5-8-2-3-15(13,14)6-8/h4,8H,2-3,5-6H2,1H3,(H2,10,11). The molecule has 0 aliphatic carbocycles. The molecule has 1 aliphatic heterocycles. The van der Waals surface area contributed by atoms with Crippen molar-refractivity contribution in [3.8, 4) is 0 Å². The van der Waals surface area contributed by atoms with Gasteiger partial charge < -0.3 is 10.3 Å². The highest BCUT2D eigenvalue weighted by atomic mass is 32.2. The van der Waals surface area contributed by atoms with Gasteiger partial charge in [0.1, 0.15) is 0 Å². The molecule has 1 aromatic heterocycles. The van der Waals surface area contributed by atoms with E-state index in [4.69, 9.17) is 5.73 Å². The summed E-state index contributed by atoms with van der Waals surface area (Å²) < 4.78 is 24.4. The van der Waals surface area contributed by atoms with E-state index in [0.29, 0.717) is 18.2 Å². The number of aromatic nitrogens is 2. The molecule has 0 aromatic carbocycles. The molecule has 0 bridgehead atoms. The van der Waals surface area contributed by atoms with E-state index in [9.17, 15) is 8.42 Å². The van der Waals surface area contributed by atoms with Gasteiger partial charge in [-0.1, -0.05) is 0 Å². The van der Waals surface area contributed by atoms with Gasteiger partial charge in [0.15, 0.2) is 15.8 Å². The summed E-state index contributed by atoms with van der Waals surface area (Å²) in [5.74, 6) is 1.25. The summed E-state index contributed by atoms with van der Waals surface area (Å²) in [6.45, 7) is 2.53. The molecule has 1 unspecified atom stereocenters. The molecule has 15 heavy (non-hydrogen) atoms. The maximum absolute atomic E-state index is 11.3. The Morgan fingerprint density at radius 1 is 1.67 bits per heavy atom. The summed E-state index contributed by atoms with van der Waals surface area (Å²) in [6, 6.07) is 0. The van der Waals surface area contributed by atoms with Crippen molar-refractivity contribution in [2.45, 2.75) is 19.9 Å². The number of anilines is 1. The summed E-state index contributed by atoms with van der Waals surface area (Å²) in [5, 5.41) is 0. The van der Waals surface area contributed by atoms with Gasteiger partial charge in [0.05, 0.1) is 17.2 Å². The van der Waals surface area contributed by atoms with Gasteiger partial charge in [0, 0.05) is 12.7 Å². The second-order valence-electron chi connectivity index (χ2n) is 4.16. The Morgan fingerprint density at radius 3 is 2.87 bits per heavy atom.